The van der Waals surface area contributed by atoms with Gasteiger partial charge in [-0.25, -0.2) is 9.59 Å². The molecule has 106 valence electrons. The topological polar surface area (TPSA) is 52.6 Å². The molecule has 1 heterocycles. The van der Waals surface area contributed by atoms with Crippen molar-refractivity contribution in [3.8, 4) is 11.5 Å². The summed E-state index contributed by atoms with van der Waals surface area (Å²) in [5.41, 5.74) is 0.461. The Morgan fingerprint density at radius 3 is 2.14 bits per heavy atom. The van der Waals surface area contributed by atoms with Gasteiger partial charge < -0.3 is 9.47 Å². The van der Waals surface area contributed by atoms with Crippen molar-refractivity contribution in [1.29, 1.82) is 0 Å². The Kier molecular flexibility index (Phi) is 3.90. The fraction of sp³-hybridized carbons (Fsp3) is 0. The Morgan fingerprint density at radius 1 is 0.857 bits per heavy atom. The lowest BCUT2D eigenvalue weighted by Gasteiger charge is -2.10. The van der Waals surface area contributed by atoms with Crippen molar-refractivity contribution in [1.82, 2.24) is 0 Å². The maximum Gasteiger partial charge on any atom is 0.347 e. The minimum Gasteiger partial charge on any atom is -0.455 e. The van der Waals surface area contributed by atoms with Crippen molar-refractivity contribution >= 4 is 59.7 Å². The predicted octanol–water partition coefficient (Wildman–Crippen LogP) is 5.08. The summed E-state index contributed by atoms with van der Waals surface area (Å²) >= 11 is 10.2. The van der Waals surface area contributed by atoms with Crippen LogP contribution in [0.15, 0.2) is 43.7 Å². The Morgan fingerprint density at radius 2 is 1.48 bits per heavy atom. The number of hydrogen-bond donors (Lipinski definition) is 0. The quantitative estimate of drug-likeness (QED) is 0.448. The standard InChI is InChI=1S/C14H5Br3O4/c15-6-3-10(16)12(11(17)4-6)20-7-1-2-8-9(5-7)14(19)21-13(8)18/h1-5H. The first kappa shape index (κ1) is 14.7. The molecule has 3 rings (SSSR count). The lowest BCUT2D eigenvalue weighted by atomic mass is 10.1. The van der Waals surface area contributed by atoms with Gasteiger partial charge in [0.25, 0.3) is 0 Å². The molecule has 0 radical (unpaired) electrons. The summed E-state index contributed by atoms with van der Waals surface area (Å²) in [7, 11) is 0. The molecule has 0 aromatic heterocycles. The third-order valence-electron chi connectivity index (χ3n) is 2.80. The normalized spacial score (nSPS) is 13.1. The number of ether oxygens (including phenoxy) is 2. The van der Waals surface area contributed by atoms with Crippen LogP contribution in [0.4, 0.5) is 0 Å². The summed E-state index contributed by atoms with van der Waals surface area (Å²) in [5, 5.41) is 0. The molecule has 0 fully saturated rings. The van der Waals surface area contributed by atoms with Gasteiger partial charge in [0.15, 0.2) is 5.75 Å². The van der Waals surface area contributed by atoms with Gasteiger partial charge in [0.2, 0.25) is 0 Å². The van der Waals surface area contributed by atoms with E-state index in [1.807, 2.05) is 12.1 Å². The van der Waals surface area contributed by atoms with Gasteiger partial charge in [-0.3, -0.25) is 0 Å². The van der Waals surface area contributed by atoms with Crippen LogP contribution in [-0.4, -0.2) is 11.9 Å². The highest BCUT2D eigenvalue weighted by Crippen LogP contribution is 2.39. The van der Waals surface area contributed by atoms with E-state index in [1.165, 1.54) is 12.1 Å². The minimum atomic E-state index is -0.658. The first-order chi connectivity index (χ1) is 9.95. The second kappa shape index (κ2) is 5.55. The maximum atomic E-state index is 11.5. The Labute approximate surface area is 144 Å². The van der Waals surface area contributed by atoms with Crippen LogP contribution >= 0.6 is 47.8 Å². The van der Waals surface area contributed by atoms with Gasteiger partial charge in [-0.2, -0.15) is 0 Å². The van der Waals surface area contributed by atoms with E-state index in [1.54, 1.807) is 6.07 Å². The SMILES string of the molecule is O=C1OC(=O)c2cc(Oc3c(Br)cc(Br)cc3Br)ccc21. The molecule has 0 unspecified atom stereocenters. The molecule has 1 aliphatic rings. The second-order valence-corrected chi connectivity index (χ2v) is 6.81. The average Bonchev–Trinajstić information content (AvgIpc) is 2.69. The predicted molar refractivity (Wildman–Crippen MR) is 85.8 cm³/mol. The van der Waals surface area contributed by atoms with Crippen LogP contribution in [0.3, 0.4) is 0 Å². The average molecular weight is 477 g/mol. The van der Waals surface area contributed by atoms with E-state index >= 15 is 0 Å². The first-order valence-corrected chi connectivity index (χ1v) is 8.06. The fourth-order valence-corrected chi connectivity index (χ4v) is 4.29. The summed E-state index contributed by atoms with van der Waals surface area (Å²) in [6, 6.07) is 8.29. The van der Waals surface area contributed by atoms with Crippen LogP contribution in [0.5, 0.6) is 11.5 Å². The number of cyclic esters (lactones) is 2. The zero-order valence-electron chi connectivity index (χ0n) is 10.2. The highest BCUT2D eigenvalue weighted by atomic mass is 79.9. The molecule has 2 aromatic carbocycles. The highest BCUT2D eigenvalue weighted by Gasteiger charge is 2.30. The molecule has 0 spiro atoms. The van der Waals surface area contributed by atoms with Crippen LogP contribution < -0.4 is 4.74 Å². The van der Waals surface area contributed by atoms with Crippen LogP contribution in [0.1, 0.15) is 20.7 Å². The van der Waals surface area contributed by atoms with Gasteiger partial charge in [0.05, 0.1) is 20.1 Å². The van der Waals surface area contributed by atoms with E-state index in [0.717, 1.165) is 13.4 Å². The van der Waals surface area contributed by atoms with Crippen molar-refractivity contribution in [3.63, 3.8) is 0 Å². The van der Waals surface area contributed by atoms with E-state index < -0.39 is 11.9 Å². The zero-order valence-corrected chi connectivity index (χ0v) is 14.9. The lowest BCUT2D eigenvalue weighted by molar-refractivity contribution is 0.0443. The van der Waals surface area contributed by atoms with Crippen LogP contribution in [-0.2, 0) is 4.74 Å². The third-order valence-corrected chi connectivity index (χ3v) is 4.44. The van der Waals surface area contributed by atoms with Crippen molar-refractivity contribution in [2.45, 2.75) is 0 Å². The Hall–Kier alpha value is -1.18. The van der Waals surface area contributed by atoms with E-state index in [9.17, 15) is 9.59 Å². The first-order valence-electron chi connectivity index (χ1n) is 5.68. The minimum absolute atomic E-state index is 0.210. The summed E-state index contributed by atoms with van der Waals surface area (Å²) in [6.45, 7) is 0. The molecule has 21 heavy (non-hydrogen) atoms. The largest absolute Gasteiger partial charge is 0.455 e. The summed E-state index contributed by atoms with van der Waals surface area (Å²) in [6.07, 6.45) is 0. The summed E-state index contributed by atoms with van der Waals surface area (Å²) in [5.74, 6) is -0.290. The highest BCUT2D eigenvalue weighted by molar-refractivity contribution is 9.11. The van der Waals surface area contributed by atoms with Gasteiger partial charge >= 0.3 is 11.9 Å². The van der Waals surface area contributed by atoms with E-state index in [0.29, 0.717) is 11.5 Å². The van der Waals surface area contributed by atoms with Gasteiger partial charge in [-0.1, -0.05) is 15.9 Å². The molecule has 4 nitrogen and oxygen atoms in total. The molecule has 0 atom stereocenters. The summed E-state index contributed by atoms with van der Waals surface area (Å²) < 4.78 is 12.7. The zero-order chi connectivity index (χ0) is 15.1. The number of carbonyl (C=O) groups excluding carboxylic acids is 2. The lowest BCUT2D eigenvalue weighted by Crippen LogP contribution is -1.96. The molecule has 0 aliphatic carbocycles. The van der Waals surface area contributed by atoms with Crippen molar-refractivity contribution in [2.75, 3.05) is 0 Å². The molecule has 1 aliphatic heterocycles. The monoisotopic (exact) mass is 474 g/mol. The van der Waals surface area contributed by atoms with Gasteiger partial charge in [-0.15, -0.1) is 0 Å². The summed E-state index contributed by atoms with van der Waals surface area (Å²) in [4.78, 5) is 22.9. The van der Waals surface area contributed by atoms with E-state index in [-0.39, 0.29) is 11.1 Å². The molecule has 0 saturated heterocycles. The van der Waals surface area contributed by atoms with Crippen molar-refractivity contribution < 1.29 is 19.1 Å². The molecular formula is C14H5Br3O4. The van der Waals surface area contributed by atoms with E-state index in [4.69, 9.17) is 4.74 Å². The molecule has 7 heteroatoms. The second-order valence-electron chi connectivity index (χ2n) is 4.18. The smallest absolute Gasteiger partial charge is 0.347 e. The van der Waals surface area contributed by atoms with Crippen LogP contribution in [0, 0.1) is 0 Å². The van der Waals surface area contributed by atoms with Gasteiger partial charge in [-0.05, 0) is 62.2 Å². The molecular weight excluding hydrogens is 472 g/mol. The van der Waals surface area contributed by atoms with Gasteiger partial charge in [0, 0.05) is 4.47 Å². The Bertz CT molecular complexity index is 763. The number of hydrogen-bond acceptors (Lipinski definition) is 4. The van der Waals surface area contributed by atoms with E-state index in [2.05, 4.69) is 52.5 Å². The molecule has 2 aromatic rings. The van der Waals surface area contributed by atoms with Gasteiger partial charge in [0.1, 0.15) is 5.75 Å². The molecule has 0 amide bonds. The number of rotatable bonds is 2. The van der Waals surface area contributed by atoms with Crippen molar-refractivity contribution in [3.05, 3.63) is 54.9 Å². The Balaban J connectivity index is 1.99. The number of fused-ring (bicyclic) bond motifs is 1. The maximum absolute atomic E-state index is 11.5. The number of benzene rings is 2. The number of halogens is 3. The molecule has 0 N–H and O–H groups in total. The van der Waals surface area contributed by atoms with Crippen LogP contribution in [0.25, 0.3) is 0 Å². The molecule has 0 saturated carbocycles. The van der Waals surface area contributed by atoms with Crippen molar-refractivity contribution in [2.24, 2.45) is 0 Å². The fourth-order valence-electron chi connectivity index (χ4n) is 1.87. The number of carbonyl (C=O) groups is 2. The number of esters is 2. The van der Waals surface area contributed by atoms with Crippen LogP contribution in [0.2, 0.25) is 0 Å². The molecule has 0 bridgehead atoms. The third kappa shape index (κ3) is 2.77.